The van der Waals surface area contributed by atoms with E-state index < -0.39 is 11.8 Å². The van der Waals surface area contributed by atoms with Gasteiger partial charge < -0.3 is 23.7 Å². The van der Waals surface area contributed by atoms with Gasteiger partial charge in [0, 0.05) is 16.3 Å². The van der Waals surface area contributed by atoms with Crippen LogP contribution in [0.15, 0.2) is 30.3 Å². The number of fused-ring (bicyclic) bond motifs is 5. The van der Waals surface area contributed by atoms with Crippen LogP contribution in [-0.4, -0.2) is 32.5 Å². The highest BCUT2D eigenvalue weighted by molar-refractivity contribution is 6.30. The van der Waals surface area contributed by atoms with Gasteiger partial charge in [-0.25, -0.2) is 0 Å². The van der Waals surface area contributed by atoms with Gasteiger partial charge in [0.05, 0.1) is 18.2 Å². The summed E-state index contributed by atoms with van der Waals surface area (Å²) in [6, 6.07) is 8.94. The molecule has 0 saturated carbocycles. The number of imide groups is 1. The third kappa shape index (κ3) is 2.02. The van der Waals surface area contributed by atoms with E-state index >= 15 is 0 Å². The lowest BCUT2D eigenvalue weighted by molar-refractivity contribution is 0.0879. The molecule has 3 aromatic carbocycles. The Morgan fingerprint density at radius 2 is 1.55 bits per heavy atom. The first-order valence-electron chi connectivity index (χ1n) is 8.89. The molecule has 0 fully saturated rings. The third-order valence-electron chi connectivity index (χ3n) is 5.31. The fourth-order valence-electron chi connectivity index (χ4n) is 4.13. The molecule has 8 nitrogen and oxygen atoms in total. The van der Waals surface area contributed by atoms with E-state index in [1.54, 1.807) is 24.3 Å². The molecule has 3 aromatic rings. The van der Waals surface area contributed by atoms with Crippen molar-refractivity contribution in [2.24, 2.45) is 0 Å². The predicted octanol–water partition coefficient (Wildman–Crippen LogP) is 2.86. The lowest BCUT2D eigenvalue weighted by Gasteiger charge is -2.17. The first kappa shape index (κ1) is 16.1. The number of hydrogen-bond donors (Lipinski definition) is 1. The Morgan fingerprint density at radius 1 is 0.828 bits per heavy atom. The zero-order chi connectivity index (χ0) is 19.7. The highest BCUT2D eigenvalue weighted by atomic mass is 16.7. The standard InChI is InChI=1S/C21H13NO7/c1-25-18-10-3-5-12-19(29-8-27-12)15(10)14(16-17(18)21(24)22-20(16)23)9-2-4-11-13(6-9)28-7-26-11/h2-6H,7-8H2,1H3,(H,22,23,24). The van der Waals surface area contributed by atoms with Gasteiger partial charge >= 0.3 is 0 Å². The van der Waals surface area contributed by atoms with Crippen LogP contribution in [0.1, 0.15) is 20.7 Å². The van der Waals surface area contributed by atoms with Gasteiger partial charge in [0.25, 0.3) is 11.8 Å². The van der Waals surface area contributed by atoms with Crippen molar-refractivity contribution in [3.8, 4) is 39.9 Å². The third-order valence-corrected chi connectivity index (χ3v) is 5.31. The van der Waals surface area contributed by atoms with Crippen LogP contribution in [0.5, 0.6) is 28.7 Å². The molecule has 1 N–H and O–H groups in total. The average molecular weight is 391 g/mol. The predicted molar refractivity (Wildman–Crippen MR) is 100.0 cm³/mol. The molecular formula is C21H13NO7. The largest absolute Gasteiger partial charge is 0.495 e. The number of ether oxygens (including phenoxy) is 5. The minimum atomic E-state index is -0.497. The van der Waals surface area contributed by atoms with Crippen LogP contribution in [0.3, 0.4) is 0 Å². The van der Waals surface area contributed by atoms with Gasteiger partial charge in [-0.05, 0) is 29.8 Å². The Morgan fingerprint density at radius 3 is 2.41 bits per heavy atom. The maximum atomic E-state index is 12.8. The fourth-order valence-corrected chi connectivity index (χ4v) is 4.13. The molecule has 144 valence electrons. The second-order valence-corrected chi connectivity index (χ2v) is 6.73. The summed E-state index contributed by atoms with van der Waals surface area (Å²) in [5.41, 5.74) is 1.69. The van der Waals surface area contributed by atoms with Crippen LogP contribution in [-0.2, 0) is 0 Å². The van der Waals surface area contributed by atoms with Crippen LogP contribution in [0, 0.1) is 0 Å². The summed E-state index contributed by atoms with van der Waals surface area (Å²) in [5, 5.41) is 3.66. The van der Waals surface area contributed by atoms with Crippen LogP contribution in [0.4, 0.5) is 0 Å². The van der Waals surface area contributed by atoms with E-state index in [9.17, 15) is 9.59 Å². The summed E-state index contributed by atoms with van der Waals surface area (Å²) in [5.74, 6) is 1.58. The Labute approximate surface area is 163 Å². The zero-order valence-electron chi connectivity index (χ0n) is 15.2. The maximum Gasteiger partial charge on any atom is 0.262 e. The molecule has 0 aromatic heterocycles. The van der Waals surface area contributed by atoms with Crippen molar-refractivity contribution in [1.82, 2.24) is 5.32 Å². The smallest absolute Gasteiger partial charge is 0.262 e. The van der Waals surface area contributed by atoms with Gasteiger partial charge in [-0.1, -0.05) is 6.07 Å². The molecule has 0 radical (unpaired) electrons. The van der Waals surface area contributed by atoms with E-state index in [1.807, 2.05) is 6.07 Å². The van der Waals surface area contributed by atoms with Gasteiger partial charge in [-0.2, -0.15) is 0 Å². The molecule has 0 aliphatic carbocycles. The lowest BCUT2D eigenvalue weighted by Crippen LogP contribution is -2.20. The van der Waals surface area contributed by atoms with Crippen molar-refractivity contribution in [2.45, 2.75) is 0 Å². The molecule has 3 aliphatic rings. The number of rotatable bonds is 2. The normalized spacial score (nSPS) is 15.6. The molecule has 0 unspecified atom stereocenters. The van der Waals surface area contributed by atoms with Gasteiger partial charge in [0.2, 0.25) is 13.6 Å². The van der Waals surface area contributed by atoms with Crippen molar-refractivity contribution < 1.29 is 33.3 Å². The number of benzene rings is 3. The number of carbonyl (C=O) groups is 2. The zero-order valence-corrected chi connectivity index (χ0v) is 15.2. The van der Waals surface area contributed by atoms with Crippen molar-refractivity contribution in [3.63, 3.8) is 0 Å². The molecule has 29 heavy (non-hydrogen) atoms. The number of nitrogens with one attached hydrogen (secondary N) is 1. The van der Waals surface area contributed by atoms with Gasteiger partial charge in [0.1, 0.15) is 5.75 Å². The molecule has 3 aliphatic heterocycles. The van der Waals surface area contributed by atoms with Crippen molar-refractivity contribution >= 4 is 22.6 Å². The van der Waals surface area contributed by atoms with E-state index in [-0.39, 0.29) is 24.7 Å². The Hall–Kier alpha value is -3.94. The lowest BCUT2D eigenvalue weighted by atomic mass is 9.88. The highest BCUT2D eigenvalue weighted by Crippen LogP contribution is 2.51. The van der Waals surface area contributed by atoms with Gasteiger partial charge in [-0.15, -0.1) is 0 Å². The second kappa shape index (κ2) is 5.54. The summed E-state index contributed by atoms with van der Waals surface area (Å²) < 4.78 is 27.7. The molecule has 0 atom stereocenters. The van der Waals surface area contributed by atoms with Crippen molar-refractivity contribution in [1.29, 1.82) is 0 Å². The number of carbonyl (C=O) groups excluding carboxylic acids is 2. The summed E-state index contributed by atoms with van der Waals surface area (Å²) in [7, 11) is 1.47. The van der Waals surface area contributed by atoms with Crippen LogP contribution >= 0.6 is 0 Å². The first-order valence-corrected chi connectivity index (χ1v) is 8.89. The molecular weight excluding hydrogens is 378 g/mol. The van der Waals surface area contributed by atoms with E-state index in [0.717, 1.165) is 0 Å². The van der Waals surface area contributed by atoms with E-state index in [0.29, 0.717) is 50.6 Å². The monoisotopic (exact) mass is 391 g/mol. The van der Waals surface area contributed by atoms with Gasteiger partial charge in [-0.3, -0.25) is 14.9 Å². The average Bonchev–Trinajstić information content (AvgIpc) is 3.45. The van der Waals surface area contributed by atoms with Crippen molar-refractivity contribution in [2.75, 3.05) is 20.7 Å². The fraction of sp³-hybridized carbons (Fsp3) is 0.143. The number of hydrogen-bond acceptors (Lipinski definition) is 7. The number of amides is 2. The van der Waals surface area contributed by atoms with Crippen LogP contribution in [0.25, 0.3) is 21.9 Å². The number of methoxy groups -OCH3 is 1. The van der Waals surface area contributed by atoms with Crippen LogP contribution in [0.2, 0.25) is 0 Å². The van der Waals surface area contributed by atoms with E-state index in [1.165, 1.54) is 7.11 Å². The molecule has 6 rings (SSSR count). The van der Waals surface area contributed by atoms with E-state index in [2.05, 4.69) is 5.32 Å². The Balaban J connectivity index is 1.80. The molecule has 0 bridgehead atoms. The highest BCUT2D eigenvalue weighted by Gasteiger charge is 2.38. The quantitative estimate of drug-likeness (QED) is 0.672. The summed E-state index contributed by atoms with van der Waals surface area (Å²) in [6.45, 7) is 0.200. The van der Waals surface area contributed by atoms with E-state index in [4.69, 9.17) is 23.7 Å². The molecule has 0 saturated heterocycles. The van der Waals surface area contributed by atoms with Crippen LogP contribution < -0.4 is 29.0 Å². The summed E-state index contributed by atoms with van der Waals surface area (Å²) >= 11 is 0. The molecule has 3 heterocycles. The molecule has 2 amide bonds. The SMILES string of the molecule is COc1c2c(c(-c3ccc4c(c3)OCO4)c3c4c(ccc13)OCO4)C(=O)NC2=O. The minimum absolute atomic E-state index is 0.0690. The topological polar surface area (TPSA) is 92.3 Å². The maximum absolute atomic E-state index is 12.8. The molecule has 8 heteroatoms. The first-order chi connectivity index (χ1) is 14.2. The van der Waals surface area contributed by atoms with Gasteiger partial charge in [0.15, 0.2) is 23.0 Å². The molecule has 0 spiro atoms. The summed E-state index contributed by atoms with van der Waals surface area (Å²) in [6.07, 6.45) is 0. The minimum Gasteiger partial charge on any atom is -0.495 e. The Kier molecular flexibility index (Phi) is 3.07. The summed E-state index contributed by atoms with van der Waals surface area (Å²) in [4.78, 5) is 25.4. The van der Waals surface area contributed by atoms with Crippen molar-refractivity contribution in [3.05, 3.63) is 41.5 Å². The Bertz CT molecular complexity index is 1260. The second-order valence-electron chi connectivity index (χ2n) is 6.73.